The topological polar surface area (TPSA) is 78.9 Å². The molecule has 6 heteroatoms. The van der Waals surface area contributed by atoms with Crippen molar-refractivity contribution in [1.29, 1.82) is 0 Å². The molecule has 0 aromatic heterocycles. The van der Waals surface area contributed by atoms with Crippen LogP contribution in [-0.2, 0) is 16.1 Å². The molecule has 23 heavy (non-hydrogen) atoms. The highest BCUT2D eigenvalue weighted by molar-refractivity contribution is 5.78. The summed E-state index contributed by atoms with van der Waals surface area (Å²) in [6, 6.07) is 7.66. The van der Waals surface area contributed by atoms with Crippen LogP contribution in [0, 0.1) is 5.92 Å². The lowest BCUT2D eigenvalue weighted by Gasteiger charge is -2.29. The molecular weight excluding hydrogens is 296 g/mol. The van der Waals surface area contributed by atoms with Crippen LogP contribution in [0.25, 0.3) is 0 Å². The fraction of sp³-hybridized carbons (Fsp3) is 0.529. The van der Waals surface area contributed by atoms with Gasteiger partial charge in [0.1, 0.15) is 5.75 Å². The van der Waals surface area contributed by atoms with Crippen molar-refractivity contribution >= 4 is 11.9 Å². The van der Waals surface area contributed by atoms with Gasteiger partial charge in [-0.3, -0.25) is 14.5 Å². The number of rotatable bonds is 7. The summed E-state index contributed by atoms with van der Waals surface area (Å²) >= 11 is 0. The normalized spacial score (nSPS) is 16.0. The van der Waals surface area contributed by atoms with Crippen LogP contribution >= 0.6 is 0 Å². The van der Waals surface area contributed by atoms with Crippen molar-refractivity contribution in [2.75, 3.05) is 26.2 Å². The molecule has 1 saturated heterocycles. The summed E-state index contributed by atoms with van der Waals surface area (Å²) in [4.78, 5) is 24.9. The van der Waals surface area contributed by atoms with Crippen molar-refractivity contribution in [3.63, 3.8) is 0 Å². The minimum atomic E-state index is -0.733. The second kappa shape index (κ2) is 8.53. The summed E-state index contributed by atoms with van der Waals surface area (Å²) < 4.78 is 5.44. The average molecular weight is 320 g/mol. The van der Waals surface area contributed by atoms with E-state index in [0.717, 1.165) is 11.3 Å². The standard InChI is InChI=1S/C17H24N2O4/c1-2-23-15-5-3-4-13(10-15)11-18-16(20)12-19-8-6-14(7-9-19)17(21)22/h3-5,10,14H,2,6-9,11-12H2,1H3,(H,18,20)(H,21,22). The van der Waals surface area contributed by atoms with E-state index in [4.69, 9.17) is 9.84 Å². The third kappa shape index (κ3) is 5.56. The fourth-order valence-electron chi connectivity index (χ4n) is 2.71. The van der Waals surface area contributed by atoms with Crippen LogP contribution in [0.2, 0.25) is 0 Å². The van der Waals surface area contributed by atoms with E-state index in [0.29, 0.717) is 45.6 Å². The van der Waals surface area contributed by atoms with Crippen molar-refractivity contribution in [1.82, 2.24) is 10.2 Å². The molecule has 0 saturated carbocycles. The van der Waals surface area contributed by atoms with Gasteiger partial charge in [-0.1, -0.05) is 12.1 Å². The Hall–Kier alpha value is -2.08. The molecule has 1 amide bonds. The molecule has 0 aliphatic carbocycles. The highest BCUT2D eigenvalue weighted by Crippen LogP contribution is 2.17. The van der Waals surface area contributed by atoms with E-state index in [1.165, 1.54) is 0 Å². The van der Waals surface area contributed by atoms with Gasteiger partial charge in [-0.05, 0) is 50.6 Å². The first-order valence-electron chi connectivity index (χ1n) is 8.02. The zero-order valence-electron chi connectivity index (χ0n) is 13.5. The number of carbonyl (C=O) groups is 2. The van der Waals surface area contributed by atoms with E-state index >= 15 is 0 Å². The van der Waals surface area contributed by atoms with Crippen LogP contribution in [0.15, 0.2) is 24.3 Å². The smallest absolute Gasteiger partial charge is 0.306 e. The van der Waals surface area contributed by atoms with Gasteiger partial charge in [0.2, 0.25) is 5.91 Å². The van der Waals surface area contributed by atoms with Crippen LogP contribution in [0.3, 0.4) is 0 Å². The number of carboxylic acids is 1. The Morgan fingerprint density at radius 3 is 2.74 bits per heavy atom. The Labute approximate surface area is 136 Å². The number of carbonyl (C=O) groups excluding carboxylic acids is 1. The number of nitrogens with one attached hydrogen (secondary N) is 1. The summed E-state index contributed by atoms with van der Waals surface area (Å²) in [6.07, 6.45) is 1.22. The Balaban J connectivity index is 1.73. The number of benzene rings is 1. The lowest BCUT2D eigenvalue weighted by Crippen LogP contribution is -2.42. The predicted octanol–water partition coefficient (Wildman–Crippen LogP) is 1.50. The molecule has 2 N–H and O–H groups in total. The van der Waals surface area contributed by atoms with Crippen molar-refractivity contribution < 1.29 is 19.4 Å². The van der Waals surface area contributed by atoms with E-state index < -0.39 is 5.97 Å². The summed E-state index contributed by atoms with van der Waals surface area (Å²) in [6.45, 7) is 4.64. The number of hydrogen-bond acceptors (Lipinski definition) is 4. The van der Waals surface area contributed by atoms with Gasteiger partial charge < -0.3 is 15.2 Å². The van der Waals surface area contributed by atoms with Crippen molar-refractivity contribution in [2.24, 2.45) is 5.92 Å². The first kappa shape index (κ1) is 17.3. The summed E-state index contributed by atoms with van der Waals surface area (Å²) in [5, 5.41) is 11.9. The van der Waals surface area contributed by atoms with Crippen LogP contribution in [0.4, 0.5) is 0 Å². The summed E-state index contributed by atoms with van der Waals surface area (Å²) in [5.41, 5.74) is 0.994. The van der Waals surface area contributed by atoms with E-state index in [-0.39, 0.29) is 11.8 Å². The molecular formula is C17H24N2O4. The van der Waals surface area contributed by atoms with Gasteiger partial charge in [0, 0.05) is 6.54 Å². The maximum Gasteiger partial charge on any atom is 0.306 e. The zero-order valence-corrected chi connectivity index (χ0v) is 13.5. The fourth-order valence-corrected chi connectivity index (χ4v) is 2.71. The third-order valence-corrected chi connectivity index (χ3v) is 4.00. The molecule has 1 heterocycles. The van der Waals surface area contributed by atoms with Gasteiger partial charge >= 0.3 is 5.97 Å². The Bertz CT molecular complexity index is 539. The van der Waals surface area contributed by atoms with Crippen molar-refractivity contribution in [3.8, 4) is 5.75 Å². The molecule has 126 valence electrons. The van der Waals surface area contributed by atoms with Crippen LogP contribution < -0.4 is 10.1 Å². The maximum absolute atomic E-state index is 12.0. The Morgan fingerprint density at radius 2 is 2.09 bits per heavy atom. The molecule has 0 spiro atoms. The number of likely N-dealkylation sites (tertiary alicyclic amines) is 1. The zero-order chi connectivity index (χ0) is 16.7. The largest absolute Gasteiger partial charge is 0.494 e. The van der Waals surface area contributed by atoms with E-state index in [1.807, 2.05) is 36.1 Å². The number of piperidine rings is 1. The quantitative estimate of drug-likeness (QED) is 0.796. The summed E-state index contributed by atoms with van der Waals surface area (Å²) in [7, 11) is 0. The number of aliphatic carboxylic acids is 1. The molecule has 0 bridgehead atoms. The van der Waals surface area contributed by atoms with Gasteiger partial charge in [-0.15, -0.1) is 0 Å². The lowest BCUT2D eigenvalue weighted by molar-refractivity contribution is -0.143. The number of hydrogen-bond donors (Lipinski definition) is 2. The highest BCUT2D eigenvalue weighted by atomic mass is 16.5. The molecule has 1 aliphatic heterocycles. The number of amides is 1. The highest BCUT2D eigenvalue weighted by Gasteiger charge is 2.25. The molecule has 0 radical (unpaired) electrons. The van der Waals surface area contributed by atoms with Gasteiger partial charge in [0.15, 0.2) is 0 Å². The van der Waals surface area contributed by atoms with Crippen LogP contribution in [-0.4, -0.2) is 48.1 Å². The van der Waals surface area contributed by atoms with Gasteiger partial charge in [-0.2, -0.15) is 0 Å². The molecule has 1 aliphatic rings. The second-order valence-corrected chi connectivity index (χ2v) is 5.75. The first-order chi connectivity index (χ1) is 11.1. The number of ether oxygens (including phenoxy) is 1. The predicted molar refractivity (Wildman–Crippen MR) is 86.3 cm³/mol. The van der Waals surface area contributed by atoms with Crippen molar-refractivity contribution in [2.45, 2.75) is 26.3 Å². The number of carboxylic acid groups (broad SMARTS) is 1. The second-order valence-electron chi connectivity index (χ2n) is 5.75. The van der Waals surface area contributed by atoms with Gasteiger partial charge in [0.05, 0.1) is 19.1 Å². The average Bonchev–Trinajstić information content (AvgIpc) is 2.54. The van der Waals surface area contributed by atoms with Gasteiger partial charge in [0.25, 0.3) is 0 Å². The first-order valence-corrected chi connectivity index (χ1v) is 8.02. The minimum Gasteiger partial charge on any atom is -0.494 e. The third-order valence-electron chi connectivity index (χ3n) is 4.00. The maximum atomic E-state index is 12.0. The monoisotopic (exact) mass is 320 g/mol. The SMILES string of the molecule is CCOc1cccc(CNC(=O)CN2CCC(C(=O)O)CC2)c1. The van der Waals surface area contributed by atoms with E-state index in [2.05, 4.69) is 5.32 Å². The molecule has 1 aromatic carbocycles. The van der Waals surface area contributed by atoms with E-state index in [1.54, 1.807) is 0 Å². The lowest BCUT2D eigenvalue weighted by atomic mass is 9.97. The number of nitrogens with zero attached hydrogens (tertiary/aromatic N) is 1. The minimum absolute atomic E-state index is 0.0411. The van der Waals surface area contributed by atoms with Crippen LogP contribution in [0.5, 0.6) is 5.75 Å². The molecule has 1 aromatic rings. The van der Waals surface area contributed by atoms with E-state index in [9.17, 15) is 9.59 Å². The Kier molecular flexibility index (Phi) is 6.40. The van der Waals surface area contributed by atoms with Gasteiger partial charge in [-0.25, -0.2) is 0 Å². The molecule has 0 atom stereocenters. The molecule has 2 rings (SSSR count). The Morgan fingerprint density at radius 1 is 1.35 bits per heavy atom. The van der Waals surface area contributed by atoms with Crippen LogP contribution in [0.1, 0.15) is 25.3 Å². The summed E-state index contributed by atoms with van der Waals surface area (Å²) in [5.74, 6) is -0.241. The van der Waals surface area contributed by atoms with Crippen molar-refractivity contribution in [3.05, 3.63) is 29.8 Å². The molecule has 0 unspecified atom stereocenters. The molecule has 6 nitrogen and oxygen atoms in total. The molecule has 1 fully saturated rings.